The predicted octanol–water partition coefficient (Wildman–Crippen LogP) is 7.30. The minimum atomic E-state index is 0. The Morgan fingerprint density at radius 2 is 0.913 bits per heavy atom. The second-order valence-electron chi connectivity index (χ2n) is 7.57. The van der Waals surface area contributed by atoms with Gasteiger partial charge in [-0.1, -0.05) is 79.1 Å². The van der Waals surface area contributed by atoms with Crippen molar-refractivity contribution in [3.63, 3.8) is 0 Å². The quantitative estimate of drug-likeness (QED) is 0.398. The Morgan fingerprint density at radius 1 is 0.609 bits per heavy atom. The van der Waals surface area contributed by atoms with E-state index in [1.165, 1.54) is 22.3 Å². The monoisotopic (exact) mass is 356 g/mol. The van der Waals surface area contributed by atoms with Gasteiger partial charge in [0, 0.05) is 0 Å². The first-order chi connectivity index (χ1) is 10.2. The average molecular weight is 357 g/mol. The second kappa shape index (κ2) is 10.1. The molecule has 0 amide bonds. The molecule has 0 bridgehead atoms. The maximum absolute atomic E-state index is 2.31. The van der Waals surface area contributed by atoms with Gasteiger partial charge in [0.25, 0.3) is 0 Å². The van der Waals surface area contributed by atoms with Crippen molar-refractivity contribution in [1.29, 1.82) is 0 Å². The van der Waals surface area contributed by atoms with Crippen molar-refractivity contribution in [2.75, 3.05) is 0 Å². The summed E-state index contributed by atoms with van der Waals surface area (Å²) in [5.74, 6) is 2.68. The Labute approximate surface area is 154 Å². The van der Waals surface area contributed by atoms with Crippen LogP contribution in [-0.2, 0) is 16.5 Å². The molecule has 0 aromatic heterocycles. The Morgan fingerprint density at radius 3 is 1.04 bits per heavy atom. The van der Waals surface area contributed by atoms with E-state index in [4.69, 9.17) is 0 Å². The van der Waals surface area contributed by atoms with E-state index in [0.29, 0.717) is 23.7 Å². The first-order valence-electron chi connectivity index (χ1n) is 8.75. The van der Waals surface area contributed by atoms with Crippen molar-refractivity contribution in [3.05, 3.63) is 58.7 Å². The van der Waals surface area contributed by atoms with Gasteiger partial charge in [-0.15, -0.1) is 0 Å². The molecule has 2 rings (SSSR count). The smallest absolute Gasteiger partial charge is 0.210 e. The maximum atomic E-state index is 2.31. The summed E-state index contributed by atoms with van der Waals surface area (Å²) in [4.78, 5) is 0. The largest absolute Gasteiger partial charge is 2.00 e. The van der Waals surface area contributed by atoms with Gasteiger partial charge in [0.1, 0.15) is 0 Å². The molecule has 2 aromatic carbocycles. The topological polar surface area (TPSA) is 0 Å². The Bertz CT molecular complexity index is 443. The molecule has 0 saturated heterocycles. The molecule has 0 aliphatic carbocycles. The number of rotatable bonds is 4. The van der Waals surface area contributed by atoms with E-state index in [1.54, 1.807) is 0 Å². The molecule has 0 heterocycles. The van der Waals surface area contributed by atoms with Gasteiger partial charge in [-0.05, 0) is 0 Å². The summed E-state index contributed by atoms with van der Waals surface area (Å²) >= 11 is 0. The zero-order valence-corrected chi connectivity index (χ0v) is 17.1. The Kier molecular flexibility index (Phi) is 9.78. The van der Waals surface area contributed by atoms with Crippen LogP contribution in [0.5, 0.6) is 0 Å². The van der Waals surface area contributed by atoms with E-state index < -0.39 is 0 Å². The van der Waals surface area contributed by atoms with E-state index in [0.717, 1.165) is 0 Å². The zero-order valence-electron chi connectivity index (χ0n) is 16.1. The van der Waals surface area contributed by atoms with Crippen LogP contribution in [0.2, 0.25) is 0 Å². The van der Waals surface area contributed by atoms with E-state index in [2.05, 4.69) is 91.8 Å². The molecule has 0 nitrogen and oxygen atoms in total. The maximum Gasteiger partial charge on any atom is 2.00 e. The molecule has 0 N–H and O–H groups in total. The van der Waals surface area contributed by atoms with Crippen LogP contribution in [0, 0.1) is 0 Å². The first kappa shape index (κ1) is 22.2. The summed E-state index contributed by atoms with van der Waals surface area (Å²) < 4.78 is 0. The van der Waals surface area contributed by atoms with E-state index >= 15 is 0 Å². The summed E-state index contributed by atoms with van der Waals surface area (Å²) in [6.45, 7) is 17.9. The van der Waals surface area contributed by atoms with Gasteiger partial charge in [0.15, 0.2) is 0 Å². The first-order valence-corrected chi connectivity index (χ1v) is 8.75. The van der Waals surface area contributed by atoms with Crippen LogP contribution in [0.15, 0.2) is 36.4 Å². The molecule has 23 heavy (non-hydrogen) atoms. The zero-order chi connectivity index (χ0) is 16.9. The van der Waals surface area contributed by atoms with Crippen molar-refractivity contribution in [3.8, 4) is 0 Å². The molecule has 1 heteroatoms. The van der Waals surface area contributed by atoms with Crippen LogP contribution in [0.3, 0.4) is 0 Å². The van der Waals surface area contributed by atoms with Crippen molar-refractivity contribution in [2.24, 2.45) is 0 Å². The standard InChI is InChI=1S/2C11H17.Ni/c2*1-8(2)10-5-6-11(7-10)9(3)4;/h2*5-9H,1-4H3;/q2*-1;+2. The molecular weight excluding hydrogens is 323 g/mol. The van der Waals surface area contributed by atoms with Gasteiger partial charge in [-0.2, -0.15) is 46.5 Å². The van der Waals surface area contributed by atoms with Gasteiger partial charge in [-0.3, -0.25) is 0 Å². The SMILES string of the molecule is CC(C)c1cc[c-](C(C)C)c1.CC(C)c1cc[c-](C(C)C)c1.[Ni+2]. The normalized spacial score (nSPS) is 11.0. The fraction of sp³-hybridized carbons (Fsp3) is 0.545. The predicted molar refractivity (Wildman–Crippen MR) is 100 cm³/mol. The third-order valence-electron chi connectivity index (χ3n) is 4.27. The Hall–Kier alpha value is -0.806. The fourth-order valence-corrected chi connectivity index (χ4v) is 2.40. The summed E-state index contributed by atoms with van der Waals surface area (Å²) in [6.07, 6.45) is 0. The Balaban J connectivity index is 0.000000403. The average Bonchev–Trinajstić information content (AvgIpc) is 3.09. The van der Waals surface area contributed by atoms with E-state index in [-0.39, 0.29) is 16.5 Å². The summed E-state index contributed by atoms with van der Waals surface area (Å²) in [6, 6.07) is 13.6. The molecule has 0 atom stereocenters. The molecule has 0 fully saturated rings. The number of hydrogen-bond donors (Lipinski definition) is 0. The van der Waals surface area contributed by atoms with Crippen LogP contribution in [0.1, 0.15) is 101 Å². The molecule has 2 aromatic rings. The van der Waals surface area contributed by atoms with Gasteiger partial charge in [-0.25, -0.2) is 12.1 Å². The molecule has 0 radical (unpaired) electrons. The number of hydrogen-bond acceptors (Lipinski definition) is 0. The summed E-state index contributed by atoms with van der Waals surface area (Å²) in [5, 5.41) is 0. The molecule has 0 unspecified atom stereocenters. The minimum Gasteiger partial charge on any atom is -0.210 e. The van der Waals surface area contributed by atoms with Crippen molar-refractivity contribution >= 4 is 0 Å². The fourth-order valence-electron chi connectivity index (χ4n) is 2.40. The third kappa shape index (κ3) is 7.09. The van der Waals surface area contributed by atoms with Crippen LogP contribution in [0.4, 0.5) is 0 Å². The van der Waals surface area contributed by atoms with Crippen molar-refractivity contribution < 1.29 is 16.5 Å². The minimum absolute atomic E-state index is 0. The van der Waals surface area contributed by atoms with Gasteiger partial charge >= 0.3 is 16.5 Å². The molecular formula is C22H34Ni. The molecule has 0 saturated carbocycles. The third-order valence-corrected chi connectivity index (χ3v) is 4.27. The van der Waals surface area contributed by atoms with Crippen LogP contribution < -0.4 is 0 Å². The van der Waals surface area contributed by atoms with Crippen LogP contribution in [0.25, 0.3) is 0 Å². The van der Waals surface area contributed by atoms with E-state index in [1.807, 2.05) is 0 Å². The molecule has 132 valence electrons. The van der Waals surface area contributed by atoms with Gasteiger partial charge < -0.3 is 0 Å². The summed E-state index contributed by atoms with van der Waals surface area (Å²) in [7, 11) is 0. The second-order valence-corrected chi connectivity index (χ2v) is 7.57. The molecule has 0 aliphatic heterocycles. The van der Waals surface area contributed by atoms with Gasteiger partial charge in [0.05, 0.1) is 0 Å². The summed E-state index contributed by atoms with van der Waals surface area (Å²) in [5.41, 5.74) is 5.87. The van der Waals surface area contributed by atoms with E-state index in [9.17, 15) is 0 Å². The van der Waals surface area contributed by atoms with Crippen LogP contribution in [-0.4, -0.2) is 0 Å². The van der Waals surface area contributed by atoms with Gasteiger partial charge in [0.2, 0.25) is 0 Å². The molecule has 0 spiro atoms. The van der Waals surface area contributed by atoms with Crippen molar-refractivity contribution in [1.82, 2.24) is 0 Å². The van der Waals surface area contributed by atoms with Crippen molar-refractivity contribution in [2.45, 2.75) is 79.1 Å². The van der Waals surface area contributed by atoms with Crippen LogP contribution >= 0.6 is 0 Å². The molecule has 0 aliphatic rings.